The Morgan fingerprint density at radius 3 is 2.79 bits per heavy atom. The first-order valence-corrected chi connectivity index (χ1v) is 6.09. The zero-order chi connectivity index (χ0) is 10.8. The van der Waals surface area contributed by atoms with Crippen molar-refractivity contribution in [3.05, 3.63) is 0 Å². The molecule has 1 atom stereocenters. The van der Waals surface area contributed by atoms with Crippen LogP contribution >= 0.6 is 11.8 Å². The molecule has 0 saturated carbocycles. The summed E-state index contributed by atoms with van der Waals surface area (Å²) < 4.78 is 0.356. The largest absolute Gasteiger partial charge is 0.387 e. The molecule has 1 saturated heterocycles. The van der Waals surface area contributed by atoms with E-state index in [1.54, 1.807) is 0 Å². The Kier molecular flexibility index (Phi) is 3.84. The van der Waals surface area contributed by atoms with Gasteiger partial charge in [-0.1, -0.05) is 6.92 Å². The molecular weight excluding hydrogens is 194 g/mol. The van der Waals surface area contributed by atoms with Crippen molar-refractivity contribution in [2.75, 3.05) is 25.4 Å². The van der Waals surface area contributed by atoms with Crippen molar-refractivity contribution in [1.29, 1.82) is 5.41 Å². The van der Waals surface area contributed by atoms with E-state index in [2.05, 4.69) is 18.7 Å². The van der Waals surface area contributed by atoms with E-state index in [4.69, 9.17) is 11.1 Å². The van der Waals surface area contributed by atoms with Crippen LogP contribution in [-0.4, -0.2) is 40.9 Å². The molecule has 0 aromatic rings. The molecule has 0 aliphatic carbocycles. The third-order valence-corrected chi connectivity index (χ3v) is 3.86. The monoisotopic (exact) mass is 215 g/mol. The van der Waals surface area contributed by atoms with Crippen LogP contribution in [0.15, 0.2) is 0 Å². The van der Waals surface area contributed by atoms with E-state index in [0.29, 0.717) is 10.6 Å². The number of nitrogens with zero attached hydrogens (tertiary/aromatic N) is 1. The number of amidine groups is 1. The van der Waals surface area contributed by atoms with Gasteiger partial charge in [0.15, 0.2) is 0 Å². The highest BCUT2D eigenvalue weighted by molar-refractivity contribution is 8.00. The molecule has 0 radical (unpaired) electrons. The third kappa shape index (κ3) is 3.50. The Morgan fingerprint density at radius 1 is 1.64 bits per heavy atom. The number of nitrogens with two attached hydrogens (primary N) is 1. The second-order valence-corrected chi connectivity index (χ2v) is 6.50. The van der Waals surface area contributed by atoms with Crippen LogP contribution in [0.5, 0.6) is 0 Å². The van der Waals surface area contributed by atoms with Gasteiger partial charge in [-0.3, -0.25) is 5.41 Å². The van der Waals surface area contributed by atoms with E-state index in [1.807, 2.05) is 18.7 Å². The molecule has 0 bridgehead atoms. The zero-order valence-electron chi connectivity index (χ0n) is 9.34. The normalized spacial score (nSPS) is 24.5. The predicted octanol–water partition coefficient (Wildman–Crippen LogP) is 1.39. The summed E-state index contributed by atoms with van der Waals surface area (Å²) in [5, 5.41) is 7.36. The van der Waals surface area contributed by atoms with E-state index >= 15 is 0 Å². The Morgan fingerprint density at radius 2 is 2.29 bits per heavy atom. The van der Waals surface area contributed by atoms with Gasteiger partial charge in [0.1, 0.15) is 0 Å². The number of hydrogen-bond donors (Lipinski definition) is 2. The Labute approximate surface area is 90.9 Å². The van der Waals surface area contributed by atoms with Crippen molar-refractivity contribution < 1.29 is 0 Å². The summed E-state index contributed by atoms with van der Waals surface area (Å²) >= 11 is 2.03. The van der Waals surface area contributed by atoms with E-state index < -0.39 is 0 Å². The van der Waals surface area contributed by atoms with Gasteiger partial charge in [0.25, 0.3) is 0 Å². The lowest BCUT2D eigenvalue weighted by atomic mass is 10.1. The molecule has 0 amide bonds. The van der Waals surface area contributed by atoms with Gasteiger partial charge < -0.3 is 10.6 Å². The molecule has 1 rings (SSSR count). The lowest BCUT2D eigenvalue weighted by molar-refractivity contribution is 0.246. The van der Waals surface area contributed by atoms with Crippen LogP contribution < -0.4 is 5.73 Å². The fraction of sp³-hybridized carbons (Fsp3) is 0.900. The third-order valence-electron chi connectivity index (χ3n) is 2.57. The minimum Gasteiger partial charge on any atom is -0.387 e. The maximum Gasteiger partial charge on any atom is 0.0947 e. The van der Waals surface area contributed by atoms with E-state index in [9.17, 15) is 0 Å². The molecule has 4 heteroatoms. The Bertz CT molecular complexity index is 215. The van der Waals surface area contributed by atoms with Gasteiger partial charge in [-0.05, 0) is 13.8 Å². The maximum absolute atomic E-state index is 7.36. The van der Waals surface area contributed by atoms with Crippen LogP contribution in [0.3, 0.4) is 0 Å². The number of thioether (sulfide) groups is 1. The molecule has 3 N–H and O–H groups in total. The molecule has 0 spiro atoms. The van der Waals surface area contributed by atoms with Crippen LogP contribution in [0.25, 0.3) is 0 Å². The summed E-state index contributed by atoms with van der Waals surface area (Å²) in [7, 11) is 0. The molecule has 1 aliphatic rings. The summed E-state index contributed by atoms with van der Waals surface area (Å²) in [5.74, 6) is 1.69. The average molecular weight is 215 g/mol. The highest BCUT2D eigenvalue weighted by atomic mass is 32.2. The van der Waals surface area contributed by atoms with Crippen molar-refractivity contribution in [3.63, 3.8) is 0 Å². The smallest absolute Gasteiger partial charge is 0.0947 e. The number of rotatable bonds is 3. The Balaban J connectivity index is 2.42. The van der Waals surface area contributed by atoms with Gasteiger partial charge >= 0.3 is 0 Å². The highest BCUT2D eigenvalue weighted by Gasteiger charge is 2.27. The SMILES string of the molecule is CC(CN1CCSC(C)(C)C1)C(=N)N. The maximum atomic E-state index is 7.36. The van der Waals surface area contributed by atoms with Gasteiger partial charge in [-0.2, -0.15) is 11.8 Å². The average Bonchev–Trinajstić information content (AvgIpc) is 2.01. The molecule has 1 aliphatic heterocycles. The Hall–Kier alpha value is -0.220. The first-order valence-electron chi connectivity index (χ1n) is 5.11. The van der Waals surface area contributed by atoms with Gasteiger partial charge in [-0.25, -0.2) is 0 Å². The topological polar surface area (TPSA) is 53.1 Å². The van der Waals surface area contributed by atoms with Crippen molar-refractivity contribution in [3.8, 4) is 0 Å². The van der Waals surface area contributed by atoms with Crippen molar-refractivity contribution >= 4 is 17.6 Å². The van der Waals surface area contributed by atoms with Crippen LogP contribution in [0.1, 0.15) is 20.8 Å². The predicted molar refractivity (Wildman–Crippen MR) is 64.1 cm³/mol. The van der Waals surface area contributed by atoms with Gasteiger partial charge in [-0.15, -0.1) is 0 Å². The van der Waals surface area contributed by atoms with Crippen LogP contribution in [0.2, 0.25) is 0 Å². The quantitative estimate of drug-likeness (QED) is 0.552. The molecule has 82 valence electrons. The second kappa shape index (κ2) is 4.53. The standard InChI is InChI=1S/C10H21N3S/c1-8(9(11)12)6-13-4-5-14-10(2,3)7-13/h8H,4-7H2,1-3H3,(H3,11,12). The summed E-state index contributed by atoms with van der Waals surface area (Å²) in [6.45, 7) is 9.75. The van der Waals surface area contributed by atoms with Gasteiger partial charge in [0.05, 0.1) is 5.84 Å². The molecule has 14 heavy (non-hydrogen) atoms. The lowest BCUT2D eigenvalue weighted by Gasteiger charge is -2.38. The van der Waals surface area contributed by atoms with Crippen molar-refractivity contribution in [2.24, 2.45) is 11.7 Å². The van der Waals surface area contributed by atoms with Crippen molar-refractivity contribution in [2.45, 2.75) is 25.5 Å². The summed E-state index contributed by atoms with van der Waals surface area (Å²) in [6.07, 6.45) is 0. The van der Waals surface area contributed by atoms with E-state index in [1.165, 1.54) is 5.75 Å². The molecular formula is C10H21N3S. The van der Waals surface area contributed by atoms with Crippen LogP contribution in [0, 0.1) is 11.3 Å². The van der Waals surface area contributed by atoms with Crippen molar-refractivity contribution in [1.82, 2.24) is 4.90 Å². The van der Waals surface area contributed by atoms with Gasteiger partial charge in [0.2, 0.25) is 0 Å². The molecule has 1 unspecified atom stereocenters. The molecule has 0 aromatic carbocycles. The molecule has 1 heterocycles. The number of hydrogen-bond acceptors (Lipinski definition) is 3. The first kappa shape index (κ1) is 11.9. The fourth-order valence-electron chi connectivity index (χ4n) is 1.76. The summed E-state index contributed by atoms with van der Waals surface area (Å²) in [5.41, 5.74) is 5.47. The number of nitrogens with one attached hydrogen (secondary N) is 1. The zero-order valence-corrected chi connectivity index (χ0v) is 10.2. The van der Waals surface area contributed by atoms with E-state index in [-0.39, 0.29) is 5.92 Å². The first-order chi connectivity index (χ1) is 6.41. The van der Waals surface area contributed by atoms with Gasteiger partial charge in [0, 0.05) is 36.1 Å². The fourth-order valence-corrected chi connectivity index (χ4v) is 2.93. The summed E-state index contributed by atoms with van der Waals surface area (Å²) in [6, 6.07) is 0. The minimum absolute atomic E-state index is 0.189. The molecule has 3 nitrogen and oxygen atoms in total. The molecule has 0 aromatic heterocycles. The second-order valence-electron chi connectivity index (χ2n) is 4.70. The lowest BCUT2D eigenvalue weighted by Crippen LogP contribution is -2.46. The van der Waals surface area contributed by atoms with Crippen LogP contribution in [-0.2, 0) is 0 Å². The molecule has 1 fully saturated rings. The summed E-state index contributed by atoms with van der Waals surface area (Å²) in [4.78, 5) is 2.42. The minimum atomic E-state index is 0.189. The highest BCUT2D eigenvalue weighted by Crippen LogP contribution is 2.29. The van der Waals surface area contributed by atoms with E-state index in [0.717, 1.165) is 19.6 Å². The van der Waals surface area contributed by atoms with Crippen LogP contribution in [0.4, 0.5) is 0 Å².